The smallest absolute Gasteiger partial charge is 0.317 e. The number of rotatable bonds is 6. The van der Waals surface area contributed by atoms with Crippen molar-refractivity contribution in [2.24, 2.45) is 5.92 Å². The van der Waals surface area contributed by atoms with Gasteiger partial charge in [-0.1, -0.05) is 0 Å². The van der Waals surface area contributed by atoms with Gasteiger partial charge in [-0.25, -0.2) is 4.79 Å². The molecule has 1 atom stereocenters. The largest absolute Gasteiger partial charge is 0.481 e. The predicted molar refractivity (Wildman–Crippen MR) is 73.1 cm³/mol. The molecule has 1 saturated heterocycles. The van der Waals surface area contributed by atoms with E-state index in [1.165, 1.54) is 0 Å². The number of nitrogens with one attached hydrogen (secondary N) is 1. The normalized spacial score (nSPS) is 19.5. The molecule has 19 heavy (non-hydrogen) atoms. The van der Waals surface area contributed by atoms with Crippen molar-refractivity contribution < 1.29 is 14.7 Å². The molecule has 1 aliphatic heterocycles. The average molecular weight is 271 g/mol. The minimum atomic E-state index is -0.779. The zero-order chi connectivity index (χ0) is 14.3. The van der Waals surface area contributed by atoms with Crippen molar-refractivity contribution in [2.45, 2.75) is 25.7 Å². The number of carboxylic acids is 1. The van der Waals surface area contributed by atoms with Crippen LogP contribution in [0.5, 0.6) is 0 Å². The van der Waals surface area contributed by atoms with E-state index in [0.717, 1.165) is 32.4 Å². The average Bonchev–Trinajstić information content (AvgIpc) is 2.33. The molecular formula is C13H25N3O3. The lowest BCUT2D eigenvalue weighted by molar-refractivity contribution is -0.138. The van der Waals surface area contributed by atoms with Crippen LogP contribution in [0.25, 0.3) is 0 Å². The number of amides is 2. The molecule has 1 fully saturated rings. The molecule has 0 aliphatic carbocycles. The maximum absolute atomic E-state index is 11.9. The van der Waals surface area contributed by atoms with Gasteiger partial charge in [0, 0.05) is 26.1 Å². The van der Waals surface area contributed by atoms with Gasteiger partial charge in [0.05, 0.1) is 0 Å². The Morgan fingerprint density at radius 2 is 2.16 bits per heavy atom. The Morgan fingerprint density at radius 3 is 2.79 bits per heavy atom. The first-order valence-electron chi connectivity index (χ1n) is 6.88. The zero-order valence-electron chi connectivity index (χ0n) is 11.9. The molecule has 2 amide bonds. The summed E-state index contributed by atoms with van der Waals surface area (Å²) in [5.41, 5.74) is 0. The van der Waals surface area contributed by atoms with Gasteiger partial charge in [0.2, 0.25) is 0 Å². The second kappa shape index (κ2) is 7.99. The Bertz CT molecular complexity index is 308. The maximum atomic E-state index is 11.9. The van der Waals surface area contributed by atoms with Crippen molar-refractivity contribution in [2.75, 3.05) is 40.3 Å². The van der Waals surface area contributed by atoms with Crippen molar-refractivity contribution in [3.05, 3.63) is 0 Å². The van der Waals surface area contributed by atoms with Gasteiger partial charge in [0.1, 0.15) is 0 Å². The first-order valence-corrected chi connectivity index (χ1v) is 6.88. The van der Waals surface area contributed by atoms with Crippen LogP contribution in [0.1, 0.15) is 25.7 Å². The molecule has 0 bridgehead atoms. The third kappa shape index (κ3) is 6.42. The number of hydrogen-bond acceptors (Lipinski definition) is 3. The van der Waals surface area contributed by atoms with E-state index in [-0.39, 0.29) is 18.4 Å². The Labute approximate surface area is 114 Å². The van der Waals surface area contributed by atoms with Crippen LogP contribution in [0, 0.1) is 5.92 Å². The fourth-order valence-electron chi connectivity index (χ4n) is 2.37. The number of urea groups is 1. The van der Waals surface area contributed by atoms with Crippen molar-refractivity contribution in [3.8, 4) is 0 Å². The Morgan fingerprint density at radius 1 is 1.42 bits per heavy atom. The lowest BCUT2D eigenvalue weighted by atomic mass is 9.95. The van der Waals surface area contributed by atoms with Crippen molar-refractivity contribution >= 4 is 12.0 Å². The molecule has 0 aromatic rings. The van der Waals surface area contributed by atoms with Gasteiger partial charge in [-0.05, 0) is 45.8 Å². The Hall–Kier alpha value is -1.30. The number of nitrogens with zero attached hydrogens (tertiary/aromatic N) is 2. The van der Waals surface area contributed by atoms with Crippen LogP contribution in [-0.2, 0) is 4.79 Å². The first kappa shape index (κ1) is 15.8. The fourth-order valence-corrected chi connectivity index (χ4v) is 2.37. The molecule has 1 heterocycles. The van der Waals surface area contributed by atoms with Crippen LogP contribution in [0.3, 0.4) is 0 Å². The van der Waals surface area contributed by atoms with E-state index in [1.54, 1.807) is 4.90 Å². The molecule has 1 aliphatic rings. The second-order valence-electron chi connectivity index (χ2n) is 5.44. The highest BCUT2D eigenvalue weighted by molar-refractivity contribution is 5.74. The van der Waals surface area contributed by atoms with E-state index in [9.17, 15) is 9.59 Å². The Balaban J connectivity index is 2.25. The quantitative estimate of drug-likeness (QED) is 0.702. The van der Waals surface area contributed by atoms with Gasteiger partial charge in [0.15, 0.2) is 0 Å². The summed E-state index contributed by atoms with van der Waals surface area (Å²) in [4.78, 5) is 26.4. The molecule has 0 aromatic carbocycles. The molecule has 0 saturated carbocycles. The standard InChI is InChI=1S/C13H25N3O3/c1-15(2)7-4-6-14-13(19)16-8-3-5-11(10-16)9-12(17)18/h11H,3-10H2,1-2H3,(H,14,19)(H,17,18). The zero-order valence-corrected chi connectivity index (χ0v) is 11.9. The number of carboxylic acid groups (broad SMARTS) is 1. The molecular weight excluding hydrogens is 246 g/mol. The summed E-state index contributed by atoms with van der Waals surface area (Å²) in [6.07, 6.45) is 2.87. The number of carbonyl (C=O) groups excluding carboxylic acids is 1. The monoisotopic (exact) mass is 271 g/mol. The SMILES string of the molecule is CN(C)CCCNC(=O)N1CCCC(CC(=O)O)C1. The topological polar surface area (TPSA) is 72.9 Å². The van der Waals surface area contributed by atoms with Gasteiger partial charge in [0.25, 0.3) is 0 Å². The lowest BCUT2D eigenvalue weighted by Gasteiger charge is -2.32. The van der Waals surface area contributed by atoms with Gasteiger partial charge in [-0.2, -0.15) is 0 Å². The van der Waals surface area contributed by atoms with Crippen LogP contribution in [0.15, 0.2) is 0 Å². The number of piperidine rings is 1. The van der Waals surface area contributed by atoms with Crippen molar-refractivity contribution in [1.82, 2.24) is 15.1 Å². The molecule has 1 unspecified atom stereocenters. The molecule has 6 nitrogen and oxygen atoms in total. The van der Waals surface area contributed by atoms with E-state index in [4.69, 9.17) is 5.11 Å². The summed E-state index contributed by atoms with van der Waals surface area (Å²) < 4.78 is 0. The number of aliphatic carboxylic acids is 1. The summed E-state index contributed by atoms with van der Waals surface area (Å²) >= 11 is 0. The maximum Gasteiger partial charge on any atom is 0.317 e. The Kier molecular flexibility index (Phi) is 6.62. The lowest BCUT2D eigenvalue weighted by Crippen LogP contribution is -2.46. The number of likely N-dealkylation sites (tertiary alicyclic amines) is 1. The number of hydrogen-bond donors (Lipinski definition) is 2. The molecule has 110 valence electrons. The molecule has 0 aromatic heterocycles. The first-order chi connectivity index (χ1) is 8.99. The minimum absolute atomic E-state index is 0.0613. The highest BCUT2D eigenvalue weighted by atomic mass is 16.4. The highest BCUT2D eigenvalue weighted by Crippen LogP contribution is 2.19. The summed E-state index contributed by atoms with van der Waals surface area (Å²) in [5, 5.41) is 11.7. The van der Waals surface area contributed by atoms with E-state index in [2.05, 4.69) is 10.2 Å². The fraction of sp³-hybridized carbons (Fsp3) is 0.846. The van der Waals surface area contributed by atoms with E-state index < -0.39 is 5.97 Å². The van der Waals surface area contributed by atoms with E-state index >= 15 is 0 Å². The highest BCUT2D eigenvalue weighted by Gasteiger charge is 2.24. The molecule has 6 heteroatoms. The van der Waals surface area contributed by atoms with Gasteiger partial charge in [-0.3, -0.25) is 4.79 Å². The van der Waals surface area contributed by atoms with Crippen LogP contribution in [0.2, 0.25) is 0 Å². The van der Waals surface area contributed by atoms with E-state index in [1.807, 2.05) is 14.1 Å². The summed E-state index contributed by atoms with van der Waals surface area (Å²) in [7, 11) is 4.01. The molecule has 2 N–H and O–H groups in total. The van der Waals surface area contributed by atoms with Gasteiger partial charge < -0.3 is 20.2 Å². The number of carbonyl (C=O) groups is 2. The third-order valence-electron chi connectivity index (χ3n) is 3.33. The van der Waals surface area contributed by atoms with Crippen LogP contribution in [0.4, 0.5) is 4.79 Å². The van der Waals surface area contributed by atoms with Gasteiger partial charge in [-0.15, -0.1) is 0 Å². The summed E-state index contributed by atoms with van der Waals surface area (Å²) in [6, 6.07) is -0.0613. The third-order valence-corrected chi connectivity index (χ3v) is 3.33. The molecule has 0 radical (unpaired) electrons. The predicted octanol–water partition coefficient (Wildman–Crippen LogP) is 0.834. The van der Waals surface area contributed by atoms with Crippen LogP contribution >= 0.6 is 0 Å². The molecule has 1 rings (SSSR count). The van der Waals surface area contributed by atoms with Crippen LogP contribution in [-0.4, -0.2) is 67.2 Å². The second-order valence-corrected chi connectivity index (χ2v) is 5.44. The van der Waals surface area contributed by atoms with Crippen molar-refractivity contribution in [3.63, 3.8) is 0 Å². The van der Waals surface area contributed by atoms with Gasteiger partial charge >= 0.3 is 12.0 Å². The summed E-state index contributed by atoms with van der Waals surface area (Å²) in [5.74, 6) is -0.683. The minimum Gasteiger partial charge on any atom is -0.481 e. The van der Waals surface area contributed by atoms with Crippen molar-refractivity contribution in [1.29, 1.82) is 0 Å². The summed E-state index contributed by atoms with van der Waals surface area (Å²) in [6.45, 7) is 2.90. The molecule has 0 spiro atoms. The van der Waals surface area contributed by atoms with Crippen LogP contribution < -0.4 is 5.32 Å². The van der Waals surface area contributed by atoms with E-state index in [0.29, 0.717) is 13.1 Å².